The Hall–Kier alpha value is -1.36. The van der Waals surface area contributed by atoms with E-state index in [0.717, 1.165) is 0 Å². The van der Waals surface area contributed by atoms with Crippen molar-refractivity contribution in [2.75, 3.05) is 20.3 Å². The van der Waals surface area contributed by atoms with Gasteiger partial charge >= 0.3 is 0 Å². The summed E-state index contributed by atoms with van der Waals surface area (Å²) in [5.74, 6) is 0.979. The summed E-state index contributed by atoms with van der Waals surface area (Å²) in [4.78, 5) is 17.8. The first-order valence-corrected chi connectivity index (χ1v) is 4.48. The second-order valence-electron chi connectivity index (χ2n) is 2.73. The molecule has 1 N–H and O–H groups in total. The summed E-state index contributed by atoms with van der Waals surface area (Å²) in [6, 6.07) is 1.33. The van der Waals surface area contributed by atoms with Crippen molar-refractivity contribution in [1.29, 1.82) is 0 Å². The van der Waals surface area contributed by atoms with Gasteiger partial charge in [0.25, 0.3) is 5.56 Å². The smallest absolute Gasteiger partial charge is 0.254 e. The first kappa shape index (κ1) is 10.7. The lowest BCUT2D eigenvalue weighted by Gasteiger charge is -2.04. The van der Waals surface area contributed by atoms with Gasteiger partial charge in [-0.25, -0.2) is 4.98 Å². The van der Waals surface area contributed by atoms with E-state index in [1.807, 2.05) is 6.92 Å². The lowest BCUT2D eigenvalue weighted by Crippen LogP contribution is -2.13. The Morgan fingerprint density at radius 3 is 2.93 bits per heavy atom. The molecule has 1 aromatic heterocycles. The van der Waals surface area contributed by atoms with E-state index in [2.05, 4.69) is 9.97 Å². The van der Waals surface area contributed by atoms with Crippen LogP contribution < -0.4 is 10.3 Å². The van der Waals surface area contributed by atoms with Crippen LogP contribution in [0.25, 0.3) is 0 Å². The van der Waals surface area contributed by atoms with Crippen LogP contribution >= 0.6 is 0 Å². The third-order valence-electron chi connectivity index (χ3n) is 1.64. The molecule has 78 valence electrons. The molecule has 0 atom stereocenters. The molecule has 0 aliphatic carbocycles. The second kappa shape index (κ2) is 5.39. The van der Waals surface area contributed by atoms with Crippen molar-refractivity contribution in [3.8, 4) is 5.88 Å². The summed E-state index contributed by atoms with van der Waals surface area (Å²) in [5, 5.41) is 0. The number of ether oxygens (including phenoxy) is 2. The lowest BCUT2D eigenvalue weighted by molar-refractivity contribution is 0.143. The van der Waals surface area contributed by atoms with Gasteiger partial charge in [-0.3, -0.25) is 4.79 Å². The minimum Gasteiger partial charge on any atom is -0.475 e. The first-order valence-electron chi connectivity index (χ1n) is 4.48. The number of nitrogens with zero attached hydrogens (tertiary/aromatic N) is 1. The normalized spacial score (nSPS) is 10.1. The Balaban J connectivity index is 2.67. The number of aromatic nitrogens is 2. The number of hydrogen-bond donors (Lipinski definition) is 1. The van der Waals surface area contributed by atoms with Crippen LogP contribution in [0.4, 0.5) is 0 Å². The van der Waals surface area contributed by atoms with Crippen LogP contribution in [0.15, 0.2) is 10.9 Å². The van der Waals surface area contributed by atoms with E-state index in [-0.39, 0.29) is 5.56 Å². The van der Waals surface area contributed by atoms with Crippen LogP contribution in [0.1, 0.15) is 12.7 Å². The molecule has 0 aromatic carbocycles. The number of rotatable bonds is 5. The molecule has 14 heavy (non-hydrogen) atoms. The highest BCUT2D eigenvalue weighted by atomic mass is 16.5. The van der Waals surface area contributed by atoms with E-state index in [4.69, 9.17) is 9.47 Å². The molecule has 0 aliphatic rings. The zero-order valence-electron chi connectivity index (χ0n) is 8.37. The van der Waals surface area contributed by atoms with E-state index >= 15 is 0 Å². The van der Waals surface area contributed by atoms with Gasteiger partial charge in [0.2, 0.25) is 5.88 Å². The quantitative estimate of drug-likeness (QED) is 0.694. The van der Waals surface area contributed by atoms with Crippen molar-refractivity contribution in [3.05, 3.63) is 22.2 Å². The Morgan fingerprint density at radius 2 is 2.29 bits per heavy atom. The van der Waals surface area contributed by atoms with Gasteiger partial charge in [-0.2, -0.15) is 0 Å². The van der Waals surface area contributed by atoms with Crippen LogP contribution in [-0.4, -0.2) is 30.3 Å². The SMILES string of the molecule is CCc1nc(OCCOC)cc(=O)[nH]1. The highest BCUT2D eigenvalue weighted by Gasteiger charge is 1.99. The minimum atomic E-state index is -0.190. The number of nitrogens with one attached hydrogen (secondary N) is 1. The Bertz CT molecular complexity index is 335. The maximum absolute atomic E-state index is 11.1. The van der Waals surface area contributed by atoms with Gasteiger partial charge < -0.3 is 14.5 Å². The molecule has 0 spiro atoms. The summed E-state index contributed by atoms with van der Waals surface area (Å²) >= 11 is 0. The average Bonchev–Trinajstić information content (AvgIpc) is 2.17. The lowest BCUT2D eigenvalue weighted by atomic mass is 10.4. The molecule has 0 saturated heterocycles. The molecular weight excluding hydrogens is 184 g/mol. The number of methoxy groups -OCH3 is 1. The number of hydrogen-bond acceptors (Lipinski definition) is 4. The van der Waals surface area contributed by atoms with Crippen LogP contribution in [0.2, 0.25) is 0 Å². The second-order valence-corrected chi connectivity index (χ2v) is 2.73. The molecule has 1 rings (SSSR count). The van der Waals surface area contributed by atoms with E-state index in [1.54, 1.807) is 7.11 Å². The van der Waals surface area contributed by atoms with Crippen LogP contribution in [0, 0.1) is 0 Å². The molecule has 0 bridgehead atoms. The number of H-pyrrole nitrogens is 1. The van der Waals surface area contributed by atoms with Gasteiger partial charge in [-0.05, 0) is 0 Å². The summed E-state index contributed by atoms with van der Waals surface area (Å²) in [7, 11) is 1.59. The summed E-state index contributed by atoms with van der Waals surface area (Å²) < 4.78 is 10.0. The van der Waals surface area contributed by atoms with Gasteiger partial charge in [0.15, 0.2) is 0 Å². The molecular formula is C9H14N2O3. The van der Waals surface area contributed by atoms with Gasteiger partial charge in [0, 0.05) is 13.5 Å². The Labute approximate surface area is 82.1 Å². The highest BCUT2D eigenvalue weighted by Crippen LogP contribution is 2.01. The van der Waals surface area contributed by atoms with Crippen molar-refractivity contribution in [3.63, 3.8) is 0 Å². The van der Waals surface area contributed by atoms with Gasteiger partial charge in [-0.15, -0.1) is 0 Å². The fourth-order valence-electron chi connectivity index (χ4n) is 0.955. The van der Waals surface area contributed by atoms with Crippen LogP contribution in [0.3, 0.4) is 0 Å². The molecule has 0 amide bonds. The van der Waals surface area contributed by atoms with Crippen molar-refractivity contribution in [2.45, 2.75) is 13.3 Å². The zero-order chi connectivity index (χ0) is 10.4. The zero-order valence-corrected chi connectivity index (χ0v) is 8.37. The highest BCUT2D eigenvalue weighted by molar-refractivity contribution is 5.08. The fourth-order valence-corrected chi connectivity index (χ4v) is 0.955. The standard InChI is InChI=1S/C9H14N2O3/c1-3-7-10-8(12)6-9(11-7)14-5-4-13-2/h6H,3-5H2,1-2H3,(H,10,11,12). The monoisotopic (exact) mass is 198 g/mol. The van der Waals surface area contributed by atoms with Crippen molar-refractivity contribution in [1.82, 2.24) is 9.97 Å². The Kier molecular flexibility index (Phi) is 4.12. The maximum atomic E-state index is 11.1. The van der Waals surface area contributed by atoms with Crippen LogP contribution in [0.5, 0.6) is 5.88 Å². The van der Waals surface area contributed by atoms with E-state index < -0.39 is 0 Å². The first-order chi connectivity index (χ1) is 6.76. The molecule has 0 fully saturated rings. The molecule has 1 aromatic rings. The van der Waals surface area contributed by atoms with E-state index in [0.29, 0.717) is 31.3 Å². The number of aromatic amines is 1. The van der Waals surface area contributed by atoms with E-state index in [9.17, 15) is 4.79 Å². The van der Waals surface area contributed by atoms with E-state index in [1.165, 1.54) is 6.07 Å². The average molecular weight is 198 g/mol. The van der Waals surface area contributed by atoms with Gasteiger partial charge in [0.1, 0.15) is 12.4 Å². The largest absolute Gasteiger partial charge is 0.475 e. The maximum Gasteiger partial charge on any atom is 0.254 e. The molecule has 0 radical (unpaired) electrons. The molecule has 0 unspecified atom stereocenters. The third-order valence-corrected chi connectivity index (χ3v) is 1.64. The summed E-state index contributed by atoms with van der Waals surface area (Å²) in [6.45, 7) is 2.79. The predicted octanol–water partition coefficient (Wildman–Crippen LogP) is 0.357. The van der Waals surface area contributed by atoms with Crippen molar-refractivity contribution >= 4 is 0 Å². The minimum absolute atomic E-state index is 0.190. The van der Waals surface area contributed by atoms with Crippen molar-refractivity contribution < 1.29 is 9.47 Å². The summed E-state index contributed by atoms with van der Waals surface area (Å²) in [5.41, 5.74) is -0.190. The molecule has 5 heteroatoms. The fraction of sp³-hybridized carbons (Fsp3) is 0.556. The molecule has 5 nitrogen and oxygen atoms in total. The van der Waals surface area contributed by atoms with Crippen LogP contribution in [-0.2, 0) is 11.2 Å². The molecule has 0 saturated carbocycles. The van der Waals surface area contributed by atoms with Gasteiger partial charge in [0.05, 0.1) is 12.7 Å². The predicted molar refractivity (Wildman–Crippen MR) is 51.6 cm³/mol. The molecule has 1 heterocycles. The van der Waals surface area contributed by atoms with Crippen molar-refractivity contribution in [2.24, 2.45) is 0 Å². The number of aryl methyl sites for hydroxylation is 1. The van der Waals surface area contributed by atoms with Gasteiger partial charge in [-0.1, -0.05) is 6.92 Å². The summed E-state index contributed by atoms with van der Waals surface area (Å²) in [6.07, 6.45) is 0.677. The molecule has 0 aliphatic heterocycles. The topological polar surface area (TPSA) is 64.2 Å². The Morgan fingerprint density at radius 1 is 1.50 bits per heavy atom. The third kappa shape index (κ3) is 3.18.